The fraction of sp³-hybridized carbons (Fsp3) is 0.200. The molecule has 2 aromatic rings. The van der Waals surface area contributed by atoms with Crippen molar-refractivity contribution in [1.29, 1.82) is 0 Å². The second-order valence-electron chi connectivity index (χ2n) is 4.81. The molecular weight excluding hydrogens is 325 g/mol. The molecule has 7 heteroatoms. The highest BCUT2D eigenvalue weighted by Gasteiger charge is 2.45. The number of rotatable bonds is 3. The second kappa shape index (κ2) is 5.43. The number of nitrogens with two attached hydrogens (primary N) is 1. The minimum atomic E-state index is -1.68. The topological polar surface area (TPSA) is 80.7 Å². The zero-order valence-electron chi connectivity index (χ0n) is 11.7. The van der Waals surface area contributed by atoms with Crippen molar-refractivity contribution in [3.63, 3.8) is 0 Å². The van der Waals surface area contributed by atoms with Crippen LogP contribution in [0.2, 0.25) is 10.0 Å². The molecule has 1 aromatic carbocycles. The van der Waals surface area contributed by atoms with Crippen LogP contribution in [0.25, 0.3) is 0 Å². The van der Waals surface area contributed by atoms with E-state index in [4.69, 9.17) is 33.7 Å². The molecule has 2 heterocycles. The standard InChI is InChI=1S/C15H13Cl2N3O2/c1-2-22-13-11(6-9(17)7-19-13)15(21)10-5-8(16)3-4-12(10)20-14(15)18/h3-7,21H,2H2,1H3,(H2,18,20). The van der Waals surface area contributed by atoms with Gasteiger partial charge in [0.1, 0.15) is 5.84 Å². The van der Waals surface area contributed by atoms with E-state index in [1.165, 1.54) is 6.20 Å². The number of ether oxygens (including phenoxy) is 1. The third-order valence-electron chi connectivity index (χ3n) is 3.45. The molecule has 0 saturated heterocycles. The zero-order valence-corrected chi connectivity index (χ0v) is 13.2. The highest BCUT2D eigenvalue weighted by atomic mass is 35.5. The molecule has 114 valence electrons. The Hall–Kier alpha value is -1.82. The average Bonchev–Trinajstić information content (AvgIpc) is 2.74. The van der Waals surface area contributed by atoms with Gasteiger partial charge in [0.15, 0.2) is 5.60 Å². The summed E-state index contributed by atoms with van der Waals surface area (Å²) in [5.74, 6) is 0.273. The van der Waals surface area contributed by atoms with Crippen LogP contribution in [0.4, 0.5) is 5.69 Å². The van der Waals surface area contributed by atoms with Gasteiger partial charge in [-0.15, -0.1) is 0 Å². The Balaban J connectivity index is 2.26. The summed E-state index contributed by atoms with van der Waals surface area (Å²) in [5.41, 5.74) is 5.67. The summed E-state index contributed by atoms with van der Waals surface area (Å²) in [6, 6.07) is 6.57. The van der Waals surface area contributed by atoms with Gasteiger partial charge in [0.25, 0.3) is 0 Å². The van der Waals surface area contributed by atoms with Gasteiger partial charge in [-0.2, -0.15) is 0 Å². The Morgan fingerprint density at radius 3 is 2.68 bits per heavy atom. The molecule has 0 fully saturated rings. The summed E-state index contributed by atoms with van der Waals surface area (Å²) in [5, 5.41) is 12.1. The molecule has 1 unspecified atom stereocenters. The first-order valence-corrected chi connectivity index (χ1v) is 7.38. The van der Waals surface area contributed by atoms with Crippen LogP contribution in [0.3, 0.4) is 0 Å². The maximum Gasteiger partial charge on any atom is 0.220 e. The first-order valence-electron chi connectivity index (χ1n) is 6.62. The molecule has 0 radical (unpaired) electrons. The second-order valence-corrected chi connectivity index (χ2v) is 5.68. The molecule has 1 atom stereocenters. The number of halogens is 2. The summed E-state index contributed by atoms with van der Waals surface area (Å²) in [7, 11) is 0. The zero-order chi connectivity index (χ0) is 15.9. The molecule has 1 aliphatic heterocycles. The summed E-state index contributed by atoms with van der Waals surface area (Å²) >= 11 is 12.1. The highest BCUT2D eigenvalue weighted by molar-refractivity contribution is 6.31. The number of fused-ring (bicyclic) bond motifs is 1. The Labute approximate surface area is 137 Å². The minimum Gasteiger partial charge on any atom is -0.478 e. The van der Waals surface area contributed by atoms with Gasteiger partial charge in [0.2, 0.25) is 5.88 Å². The smallest absolute Gasteiger partial charge is 0.220 e. The fourth-order valence-electron chi connectivity index (χ4n) is 2.46. The van der Waals surface area contributed by atoms with E-state index >= 15 is 0 Å². The molecule has 3 rings (SSSR count). The molecule has 0 saturated carbocycles. The minimum absolute atomic E-state index is 0.0230. The van der Waals surface area contributed by atoms with Crippen molar-refractivity contribution in [3.05, 3.63) is 51.6 Å². The Kier molecular flexibility index (Phi) is 3.72. The van der Waals surface area contributed by atoms with Crippen LogP contribution in [0, 0.1) is 0 Å². The van der Waals surface area contributed by atoms with Crippen LogP contribution in [-0.2, 0) is 5.60 Å². The summed E-state index contributed by atoms with van der Waals surface area (Å²) in [6.45, 7) is 2.21. The van der Waals surface area contributed by atoms with E-state index in [0.29, 0.717) is 33.5 Å². The van der Waals surface area contributed by atoms with Gasteiger partial charge < -0.3 is 15.6 Å². The number of hydrogen-bond donors (Lipinski definition) is 2. The predicted molar refractivity (Wildman–Crippen MR) is 86.1 cm³/mol. The predicted octanol–water partition coefficient (Wildman–Crippen LogP) is 3.03. The molecule has 0 amide bonds. The van der Waals surface area contributed by atoms with Crippen molar-refractivity contribution in [1.82, 2.24) is 4.98 Å². The van der Waals surface area contributed by atoms with E-state index in [9.17, 15) is 5.11 Å². The van der Waals surface area contributed by atoms with Gasteiger partial charge in [-0.3, -0.25) is 0 Å². The molecule has 0 bridgehead atoms. The Morgan fingerprint density at radius 1 is 1.23 bits per heavy atom. The van der Waals surface area contributed by atoms with E-state index in [1.54, 1.807) is 24.3 Å². The van der Waals surface area contributed by atoms with Crippen LogP contribution in [0.15, 0.2) is 35.5 Å². The molecule has 1 aliphatic rings. The molecule has 22 heavy (non-hydrogen) atoms. The van der Waals surface area contributed by atoms with Gasteiger partial charge in [-0.1, -0.05) is 23.2 Å². The lowest BCUT2D eigenvalue weighted by Gasteiger charge is -2.26. The maximum absolute atomic E-state index is 11.2. The third-order valence-corrected chi connectivity index (χ3v) is 3.89. The van der Waals surface area contributed by atoms with Crippen LogP contribution in [0.5, 0.6) is 5.88 Å². The lowest BCUT2D eigenvalue weighted by Crippen LogP contribution is -2.40. The summed E-state index contributed by atoms with van der Waals surface area (Å²) in [6.07, 6.45) is 1.45. The number of amidine groups is 1. The van der Waals surface area contributed by atoms with Crippen molar-refractivity contribution in [2.75, 3.05) is 6.61 Å². The largest absolute Gasteiger partial charge is 0.478 e. The SMILES string of the molecule is CCOc1ncc(Cl)cc1C1(O)C(N)=Nc2ccc(Cl)cc21. The van der Waals surface area contributed by atoms with Gasteiger partial charge in [0.05, 0.1) is 22.9 Å². The summed E-state index contributed by atoms with van der Waals surface area (Å²) in [4.78, 5) is 8.34. The van der Waals surface area contributed by atoms with Crippen molar-refractivity contribution in [2.45, 2.75) is 12.5 Å². The lowest BCUT2D eigenvalue weighted by molar-refractivity contribution is 0.151. The number of benzene rings is 1. The van der Waals surface area contributed by atoms with Crippen LogP contribution in [0.1, 0.15) is 18.1 Å². The number of hydrogen-bond acceptors (Lipinski definition) is 5. The first kappa shape index (κ1) is 15.1. The van der Waals surface area contributed by atoms with Gasteiger partial charge in [-0.05, 0) is 31.2 Å². The van der Waals surface area contributed by atoms with Gasteiger partial charge in [-0.25, -0.2) is 9.98 Å². The monoisotopic (exact) mass is 337 g/mol. The molecule has 5 nitrogen and oxygen atoms in total. The van der Waals surface area contributed by atoms with Crippen molar-refractivity contribution in [3.8, 4) is 5.88 Å². The molecule has 0 spiro atoms. The van der Waals surface area contributed by atoms with E-state index in [1.807, 2.05) is 6.92 Å². The number of aliphatic hydroxyl groups is 1. The van der Waals surface area contributed by atoms with Crippen LogP contribution < -0.4 is 10.5 Å². The third kappa shape index (κ3) is 2.22. The van der Waals surface area contributed by atoms with Crippen LogP contribution in [-0.4, -0.2) is 22.5 Å². The number of aliphatic imine (C=N–C) groups is 1. The normalized spacial score (nSPS) is 19.7. The number of aromatic nitrogens is 1. The number of nitrogens with zero attached hydrogens (tertiary/aromatic N) is 2. The van der Waals surface area contributed by atoms with E-state index < -0.39 is 5.60 Å². The number of pyridine rings is 1. The van der Waals surface area contributed by atoms with Gasteiger partial charge in [0, 0.05) is 16.8 Å². The van der Waals surface area contributed by atoms with Crippen LogP contribution >= 0.6 is 23.2 Å². The molecule has 1 aromatic heterocycles. The molecular formula is C15H13Cl2N3O2. The quantitative estimate of drug-likeness (QED) is 0.901. The van der Waals surface area contributed by atoms with Crippen molar-refractivity contribution < 1.29 is 9.84 Å². The first-order chi connectivity index (χ1) is 10.5. The average molecular weight is 338 g/mol. The fourth-order valence-corrected chi connectivity index (χ4v) is 2.79. The molecule has 3 N–H and O–H groups in total. The van der Waals surface area contributed by atoms with Gasteiger partial charge >= 0.3 is 0 Å². The van der Waals surface area contributed by atoms with Crippen molar-refractivity contribution in [2.24, 2.45) is 10.7 Å². The van der Waals surface area contributed by atoms with Crippen molar-refractivity contribution >= 4 is 34.7 Å². The van der Waals surface area contributed by atoms with E-state index in [-0.39, 0.29) is 11.7 Å². The lowest BCUT2D eigenvalue weighted by atomic mass is 9.87. The Morgan fingerprint density at radius 2 is 1.95 bits per heavy atom. The van der Waals surface area contributed by atoms with E-state index in [0.717, 1.165) is 0 Å². The maximum atomic E-state index is 11.2. The highest BCUT2D eigenvalue weighted by Crippen LogP contribution is 2.45. The Bertz CT molecular complexity index is 779. The summed E-state index contributed by atoms with van der Waals surface area (Å²) < 4.78 is 5.49. The molecule has 0 aliphatic carbocycles. The van der Waals surface area contributed by atoms with E-state index in [2.05, 4.69) is 9.98 Å².